The molecule has 1 aliphatic rings. The number of anilines is 1. The van der Waals surface area contributed by atoms with Gasteiger partial charge >= 0.3 is 0 Å². The van der Waals surface area contributed by atoms with Crippen molar-refractivity contribution < 1.29 is 0 Å². The minimum atomic E-state index is 0.209. The Morgan fingerprint density at radius 2 is 1.90 bits per heavy atom. The smallest absolute Gasteiger partial charge is 0.183 e. The molecule has 0 unspecified atom stereocenters. The third-order valence-electron chi connectivity index (χ3n) is 3.93. The van der Waals surface area contributed by atoms with Crippen LogP contribution in [-0.2, 0) is 5.41 Å². The van der Waals surface area contributed by atoms with Gasteiger partial charge < -0.3 is 4.90 Å². The quantitative estimate of drug-likeness (QED) is 0.851. The third kappa shape index (κ3) is 2.23. The number of nitrogens with zero attached hydrogens (tertiary/aromatic N) is 4. The van der Waals surface area contributed by atoms with E-state index >= 15 is 0 Å². The number of benzene rings is 1. The summed E-state index contributed by atoms with van der Waals surface area (Å²) in [4.78, 5) is 10.4. The van der Waals surface area contributed by atoms with Crippen LogP contribution in [0.3, 0.4) is 0 Å². The second kappa shape index (κ2) is 4.93. The lowest BCUT2D eigenvalue weighted by atomic mass is 9.95. The number of nitriles is 1. The molecule has 1 saturated carbocycles. The molecule has 0 radical (unpaired) electrons. The highest BCUT2D eigenvalue weighted by Gasteiger charge is 2.45. The van der Waals surface area contributed by atoms with Crippen LogP contribution < -0.4 is 4.90 Å². The first-order chi connectivity index (χ1) is 9.75. The highest BCUT2D eigenvalue weighted by Crippen LogP contribution is 2.48. The van der Waals surface area contributed by atoms with Gasteiger partial charge in [0.25, 0.3) is 0 Å². The van der Waals surface area contributed by atoms with E-state index in [1.165, 1.54) is 18.4 Å². The molecule has 0 saturated heterocycles. The number of aromatic nitrogens is 2. The number of hydrogen-bond acceptors (Lipinski definition) is 4. The molecule has 100 valence electrons. The SMILES string of the molecule is CN(CC1(c2ccccc2)CC1)c1nccnc1C#N. The normalized spacial score (nSPS) is 15.4. The summed E-state index contributed by atoms with van der Waals surface area (Å²) < 4.78 is 0. The van der Waals surface area contributed by atoms with Crippen LogP contribution in [0.1, 0.15) is 24.1 Å². The van der Waals surface area contributed by atoms with Crippen molar-refractivity contribution in [3.63, 3.8) is 0 Å². The summed E-state index contributed by atoms with van der Waals surface area (Å²) in [6.45, 7) is 0.865. The van der Waals surface area contributed by atoms with E-state index in [9.17, 15) is 0 Å². The molecule has 0 aliphatic heterocycles. The van der Waals surface area contributed by atoms with Crippen molar-refractivity contribution in [2.75, 3.05) is 18.5 Å². The topological polar surface area (TPSA) is 52.8 Å². The largest absolute Gasteiger partial charge is 0.356 e. The second-order valence-corrected chi connectivity index (χ2v) is 5.34. The Labute approximate surface area is 118 Å². The highest BCUT2D eigenvalue weighted by atomic mass is 15.2. The lowest BCUT2D eigenvalue weighted by molar-refractivity contribution is 0.667. The summed E-state index contributed by atoms with van der Waals surface area (Å²) in [5.41, 5.74) is 1.97. The fourth-order valence-corrected chi connectivity index (χ4v) is 2.70. The van der Waals surface area contributed by atoms with Gasteiger partial charge in [-0.25, -0.2) is 9.97 Å². The van der Waals surface area contributed by atoms with Gasteiger partial charge in [-0.15, -0.1) is 0 Å². The van der Waals surface area contributed by atoms with E-state index in [1.54, 1.807) is 12.4 Å². The first kappa shape index (κ1) is 12.6. The van der Waals surface area contributed by atoms with E-state index in [4.69, 9.17) is 5.26 Å². The van der Waals surface area contributed by atoms with E-state index in [1.807, 2.05) is 18.0 Å². The van der Waals surface area contributed by atoms with Gasteiger partial charge in [0.15, 0.2) is 11.5 Å². The zero-order valence-corrected chi connectivity index (χ0v) is 11.5. The molecule has 1 aromatic heterocycles. The zero-order chi connectivity index (χ0) is 14.0. The van der Waals surface area contributed by atoms with Crippen molar-refractivity contribution in [1.29, 1.82) is 5.26 Å². The standard InChI is InChI=1S/C16H16N4/c1-20(15-14(11-17)18-9-10-19-15)12-16(7-8-16)13-5-3-2-4-6-13/h2-6,9-10H,7-8,12H2,1H3. The molecule has 0 spiro atoms. The summed E-state index contributed by atoms with van der Waals surface area (Å²) in [5.74, 6) is 0.664. The Kier molecular flexibility index (Phi) is 3.11. The number of rotatable bonds is 4. The molecule has 0 N–H and O–H groups in total. The van der Waals surface area contributed by atoms with E-state index < -0.39 is 0 Å². The summed E-state index contributed by atoms with van der Waals surface area (Å²) in [6.07, 6.45) is 5.56. The fourth-order valence-electron chi connectivity index (χ4n) is 2.70. The van der Waals surface area contributed by atoms with E-state index in [2.05, 4.69) is 40.3 Å². The van der Waals surface area contributed by atoms with Gasteiger partial charge in [0, 0.05) is 31.4 Å². The van der Waals surface area contributed by atoms with Crippen LogP contribution in [-0.4, -0.2) is 23.6 Å². The molecule has 20 heavy (non-hydrogen) atoms. The van der Waals surface area contributed by atoms with Crippen molar-refractivity contribution >= 4 is 5.82 Å². The molecule has 1 aliphatic carbocycles. The zero-order valence-electron chi connectivity index (χ0n) is 11.5. The molecule has 1 heterocycles. The second-order valence-electron chi connectivity index (χ2n) is 5.34. The molecule has 4 heteroatoms. The number of hydrogen-bond donors (Lipinski definition) is 0. The van der Waals surface area contributed by atoms with Gasteiger partial charge in [0.05, 0.1) is 0 Å². The molecule has 2 aromatic rings. The minimum Gasteiger partial charge on any atom is -0.356 e. The summed E-state index contributed by atoms with van der Waals surface area (Å²) in [5, 5.41) is 9.12. The lowest BCUT2D eigenvalue weighted by Crippen LogP contribution is -2.30. The van der Waals surface area contributed by atoms with Crippen LogP contribution in [0.25, 0.3) is 0 Å². The first-order valence-corrected chi connectivity index (χ1v) is 6.73. The van der Waals surface area contributed by atoms with Crippen molar-refractivity contribution in [2.45, 2.75) is 18.3 Å². The van der Waals surface area contributed by atoms with Gasteiger partial charge in [-0.1, -0.05) is 30.3 Å². The minimum absolute atomic E-state index is 0.209. The molecule has 0 atom stereocenters. The van der Waals surface area contributed by atoms with Crippen LogP contribution in [0.5, 0.6) is 0 Å². The molecular weight excluding hydrogens is 248 g/mol. The van der Waals surface area contributed by atoms with Crippen LogP contribution in [0.15, 0.2) is 42.7 Å². The molecular formula is C16H16N4. The first-order valence-electron chi connectivity index (χ1n) is 6.73. The summed E-state index contributed by atoms with van der Waals surface area (Å²) in [7, 11) is 1.98. The average molecular weight is 264 g/mol. The van der Waals surface area contributed by atoms with Crippen molar-refractivity contribution in [3.8, 4) is 6.07 Å². The summed E-state index contributed by atoms with van der Waals surface area (Å²) in [6, 6.07) is 12.7. The van der Waals surface area contributed by atoms with Gasteiger partial charge in [-0.05, 0) is 18.4 Å². The van der Waals surface area contributed by atoms with E-state index in [0.717, 1.165) is 6.54 Å². The molecule has 1 aromatic carbocycles. The Morgan fingerprint density at radius 3 is 2.55 bits per heavy atom. The molecule has 1 fully saturated rings. The Morgan fingerprint density at radius 1 is 1.20 bits per heavy atom. The van der Waals surface area contributed by atoms with Crippen molar-refractivity contribution in [2.24, 2.45) is 0 Å². The Balaban J connectivity index is 1.83. The maximum Gasteiger partial charge on any atom is 0.183 e. The molecule has 0 amide bonds. The van der Waals surface area contributed by atoms with Gasteiger partial charge in [0.1, 0.15) is 6.07 Å². The fraction of sp³-hybridized carbons (Fsp3) is 0.312. The summed E-state index contributed by atoms with van der Waals surface area (Å²) >= 11 is 0. The van der Waals surface area contributed by atoms with Crippen LogP contribution in [0.2, 0.25) is 0 Å². The Hall–Kier alpha value is -2.41. The van der Waals surface area contributed by atoms with Gasteiger partial charge in [-0.2, -0.15) is 5.26 Å². The van der Waals surface area contributed by atoms with Crippen LogP contribution in [0.4, 0.5) is 5.82 Å². The predicted octanol–water partition coefficient (Wildman–Crippen LogP) is 2.52. The predicted molar refractivity (Wildman–Crippen MR) is 77.4 cm³/mol. The molecule has 3 rings (SSSR count). The van der Waals surface area contributed by atoms with E-state index in [0.29, 0.717) is 11.5 Å². The van der Waals surface area contributed by atoms with Crippen LogP contribution in [0, 0.1) is 11.3 Å². The maximum absolute atomic E-state index is 9.12. The number of likely N-dealkylation sites (N-methyl/N-ethyl adjacent to an activating group) is 1. The van der Waals surface area contributed by atoms with Gasteiger partial charge in [0.2, 0.25) is 0 Å². The average Bonchev–Trinajstić information content (AvgIpc) is 3.29. The van der Waals surface area contributed by atoms with Crippen molar-refractivity contribution in [1.82, 2.24) is 9.97 Å². The van der Waals surface area contributed by atoms with Crippen LogP contribution >= 0.6 is 0 Å². The maximum atomic E-state index is 9.12. The highest BCUT2D eigenvalue weighted by molar-refractivity contribution is 5.50. The van der Waals surface area contributed by atoms with Crippen molar-refractivity contribution in [3.05, 3.63) is 54.0 Å². The lowest BCUT2D eigenvalue weighted by Gasteiger charge is -2.25. The Bertz CT molecular complexity index is 641. The molecule has 4 nitrogen and oxygen atoms in total. The van der Waals surface area contributed by atoms with E-state index in [-0.39, 0.29) is 5.41 Å². The molecule has 0 bridgehead atoms. The monoisotopic (exact) mass is 264 g/mol. The van der Waals surface area contributed by atoms with Gasteiger partial charge in [-0.3, -0.25) is 0 Å². The third-order valence-corrected chi connectivity index (χ3v) is 3.93.